The van der Waals surface area contributed by atoms with Gasteiger partial charge >= 0.3 is 17.9 Å². The maximum atomic E-state index is 11.4. The quantitative estimate of drug-likeness (QED) is 0.494. The smallest absolute Gasteiger partial charge is 0.303 e. The molecule has 0 fully saturated rings. The maximum Gasteiger partial charge on any atom is 0.303 e. The van der Waals surface area contributed by atoms with Crippen LogP contribution in [0.15, 0.2) is 11.1 Å². The summed E-state index contributed by atoms with van der Waals surface area (Å²) in [5.41, 5.74) is 2.22. The van der Waals surface area contributed by atoms with Gasteiger partial charge in [-0.25, -0.2) is 0 Å². The van der Waals surface area contributed by atoms with Crippen LogP contribution in [0.4, 0.5) is 0 Å². The summed E-state index contributed by atoms with van der Waals surface area (Å²) in [5.74, 6) is -1.90. The van der Waals surface area contributed by atoms with E-state index in [1.165, 1.54) is 33.2 Å². The first-order valence-electron chi connectivity index (χ1n) is 7.54. The zero-order valence-corrected chi connectivity index (χ0v) is 15.3. The molecule has 8 heteroatoms. The van der Waals surface area contributed by atoms with Crippen molar-refractivity contribution in [1.82, 2.24) is 0 Å². The Morgan fingerprint density at radius 2 is 1.42 bits per heavy atom. The minimum atomic E-state index is -1.17. The molecule has 0 radical (unpaired) electrons. The average Bonchev–Trinajstić information content (AvgIpc) is 2.45. The van der Waals surface area contributed by atoms with E-state index in [-0.39, 0.29) is 6.42 Å². The second-order valence-corrected chi connectivity index (χ2v) is 5.75. The lowest BCUT2D eigenvalue weighted by atomic mass is 9.98. The molecule has 138 valence electrons. The van der Waals surface area contributed by atoms with Crippen LogP contribution in [-0.2, 0) is 28.6 Å². The molecule has 0 saturated heterocycles. The van der Waals surface area contributed by atoms with Gasteiger partial charge in [0.2, 0.25) is 0 Å². The first kappa shape index (κ1) is 22.4. The van der Waals surface area contributed by atoms with Crippen LogP contribution in [0, 0.1) is 0 Å². The van der Waals surface area contributed by atoms with Gasteiger partial charge in [-0.15, -0.1) is 0 Å². The highest BCUT2D eigenvalue weighted by atomic mass is 35.5. The van der Waals surface area contributed by atoms with Crippen molar-refractivity contribution >= 4 is 29.5 Å². The third kappa shape index (κ3) is 8.88. The summed E-state index contributed by atoms with van der Waals surface area (Å²) < 4.78 is 15.5. The van der Waals surface area contributed by atoms with Gasteiger partial charge < -0.3 is 19.3 Å². The van der Waals surface area contributed by atoms with Gasteiger partial charge in [-0.3, -0.25) is 14.4 Å². The summed E-state index contributed by atoms with van der Waals surface area (Å²) >= 11 is 5.62. The Morgan fingerprint density at radius 3 is 1.79 bits per heavy atom. The third-order valence-electron chi connectivity index (χ3n) is 3.10. The minimum absolute atomic E-state index is 0.275. The van der Waals surface area contributed by atoms with E-state index in [1.807, 2.05) is 0 Å². The number of esters is 3. The van der Waals surface area contributed by atoms with Gasteiger partial charge in [0.1, 0.15) is 6.10 Å². The van der Waals surface area contributed by atoms with Gasteiger partial charge in [-0.1, -0.05) is 17.2 Å². The molecule has 0 aliphatic carbocycles. The molecule has 0 saturated carbocycles. The Morgan fingerprint density at radius 1 is 0.958 bits per heavy atom. The largest absolute Gasteiger partial charge is 0.458 e. The third-order valence-corrected chi connectivity index (χ3v) is 3.47. The summed E-state index contributed by atoms with van der Waals surface area (Å²) in [6, 6.07) is 0. The Labute approximate surface area is 146 Å². The van der Waals surface area contributed by atoms with Crippen molar-refractivity contribution in [3.8, 4) is 0 Å². The summed E-state index contributed by atoms with van der Waals surface area (Å²) in [6.45, 7) is 6.73. The van der Waals surface area contributed by atoms with E-state index in [1.54, 1.807) is 6.92 Å². The number of halogens is 1. The molecule has 24 heavy (non-hydrogen) atoms. The number of aliphatic hydroxyl groups is 1. The molecule has 0 aromatic rings. The molecule has 4 atom stereocenters. The first-order chi connectivity index (χ1) is 11.1. The van der Waals surface area contributed by atoms with E-state index in [0.29, 0.717) is 6.42 Å². The van der Waals surface area contributed by atoms with Crippen LogP contribution in [-0.4, -0.2) is 47.4 Å². The standard InChI is InChI=1S/C16H25ClO7/c1-9(8-17)6-7-14(22-11(3)19)16(24-13(5)21)15(10(2)18)23-12(4)20/h8,10,14-16,18H,6-7H2,1-5H3/t10-,14+,15+,16-/m1/s1. The Hall–Kier alpha value is -1.60. The molecule has 1 N–H and O–H groups in total. The van der Waals surface area contributed by atoms with Crippen LogP contribution in [0.5, 0.6) is 0 Å². The highest BCUT2D eigenvalue weighted by Crippen LogP contribution is 2.22. The zero-order valence-electron chi connectivity index (χ0n) is 14.6. The molecule has 0 aromatic carbocycles. The van der Waals surface area contributed by atoms with Gasteiger partial charge in [-0.2, -0.15) is 0 Å². The van der Waals surface area contributed by atoms with E-state index in [0.717, 1.165) is 5.57 Å². The van der Waals surface area contributed by atoms with Gasteiger partial charge in [-0.05, 0) is 26.7 Å². The fourth-order valence-electron chi connectivity index (χ4n) is 2.11. The van der Waals surface area contributed by atoms with Crippen LogP contribution in [0.3, 0.4) is 0 Å². The van der Waals surface area contributed by atoms with Crippen molar-refractivity contribution < 1.29 is 33.7 Å². The summed E-state index contributed by atoms with van der Waals surface area (Å²) in [5, 5.41) is 9.91. The van der Waals surface area contributed by atoms with Crippen LogP contribution in [0.25, 0.3) is 0 Å². The van der Waals surface area contributed by atoms with Crippen molar-refractivity contribution in [1.29, 1.82) is 0 Å². The molecule has 0 aliphatic rings. The SMILES string of the molecule is CC(=O)O[C@H]([C@H](OC(C)=O)[C@H](CCC(C)=CCl)OC(C)=O)[C@@H](C)O. The van der Waals surface area contributed by atoms with Crippen molar-refractivity contribution in [2.45, 2.75) is 71.9 Å². The molecular formula is C16H25ClO7. The number of carbonyl (C=O) groups excluding carboxylic acids is 3. The molecule has 0 aromatic heterocycles. The zero-order chi connectivity index (χ0) is 18.9. The van der Waals surface area contributed by atoms with E-state index in [2.05, 4.69) is 0 Å². The molecule has 0 aliphatic heterocycles. The fourth-order valence-corrected chi connectivity index (χ4v) is 2.21. The topological polar surface area (TPSA) is 99.1 Å². The van der Waals surface area contributed by atoms with E-state index in [9.17, 15) is 19.5 Å². The second-order valence-electron chi connectivity index (χ2n) is 5.53. The Bertz CT molecular complexity index is 473. The fraction of sp³-hybridized carbons (Fsp3) is 0.688. The molecule has 0 bridgehead atoms. The molecule has 0 heterocycles. The lowest BCUT2D eigenvalue weighted by Gasteiger charge is -2.33. The molecule has 0 rings (SSSR count). The van der Waals surface area contributed by atoms with Crippen LogP contribution in [0.1, 0.15) is 47.5 Å². The molecule has 0 amide bonds. The summed E-state index contributed by atoms with van der Waals surface area (Å²) in [6.07, 6.45) is -3.62. The lowest BCUT2D eigenvalue weighted by Crippen LogP contribution is -2.49. The predicted molar refractivity (Wildman–Crippen MR) is 87.2 cm³/mol. The van der Waals surface area contributed by atoms with Crippen molar-refractivity contribution in [3.05, 3.63) is 11.1 Å². The van der Waals surface area contributed by atoms with Crippen molar-refractivity contribution in [2.24, 2.45) is 0 Å². The monoisotopic (exact) mass is 364 g/mol. The molecule has 7 nitrogen and oxygen atoms in total. The average molecular weight is 365 g/mol. The highest BCUT2D eigenvalue weighted by molar-refractivity contribution is 6.25. The molecule has 0 unspecified atom stereocenters. The number of hydrogen-bond acceptors (Lipinski definition) is 7. The number of ether oxygens (including phenoxy) is 3. The maximum absolute atomic E-state index is 11.4. The first-order valence-corrected chi connectivity index (χ1v) is 7.97. The van der Waals surface area contributed by atoms with E-state index >= 15 is 0 Å². The summed E-state index contributed by atoms with van der Waals surface area (Å²) in [7, 11) is 0. The predicted octanol–water partition coefficient (Wildman–Crippen LogP) is 2.09. The van der Waals surface area contributed by atoms with Crippen molar-refractivity contribution in [3.63, 3.8) is 0 Å². The van der Waals surface area contributed by atoms with E-state index < -0.39 is 42.3 Å². The van der Waals surface area contributed by atoms with Gasteiger partial charge in [0.15, 0.2) is 12.2 Å². The second kappa shape index (κ2) is 11.0. The number of aliphatic hydroxyl groups excluding tert-OH is 1. The van der Waals surface area contributed by atoms with Gasteiger partial charge in [0.05, 0.1) is 6.10 Å². The number of allylic oxidation sites excluding steroid dienone is 1. The lowest BCUT2D eigenvalue weighted by molar-refractivity contribution is -0.192. The van der Waals surface area contributed by atoms with Gasteiger partial charge in [0.25, 0.3) is 0 Å². The highest BCUT2D eigenvalue weighted by Gasteiger charge is 2.39. The Kier molecular flexibility index (Phi) is 10.3. The van der Waals surface area contributed by atoms with E-state index in [4.69, 9.17) is 25.8 Å². The normalized spacial score (nSPS) is 16.5. The number of carbonyl (C=O) groups is 3. The number of rotatable bonds is 9. The number of hydrogen-bond donors (Lipinski definition) is 1. The Balaban J connectivity index is 5.56. The molecular weight excluding hydrogens is 340 g/mol. The summed E-state index contributed by atoms with van der Waals surface area (Å²) in [4.78, 5) is 34.1. The van der Waals surface area contributed by atoms with Gasteiger partial charge in [0, 0.05) is 26.3 Å². The van der Waals surface area contributed by atoms with Crippen LogP contribution >= 0.6 is 11.6 Å². The molecule has 0 spiro atoms. The van der Waals surface area contributed by atoms with Crippen LogP contribution < -0.4 is 0 Å². The minimum Gasteiger partial charge on any atom is -0.458 e. The van der Waals surface area contributed by atoms with Crippen molar-refractivity contribution in [2.75, 3.05) is 0 Å². The van der Waals surface area contributed by atoms with Crippen LogP contribution in [0.2, 0.25) is 0 Å².